The zero-order valence-corrected chi connectivity index (χ0v) is 10.5. The number of nitriles is 2. The number of nitrogens with zero attached hydrogens (tertiary/aromatic N) is 2. The highest BCUT2D eigenvalue weighted by atomic mass is 32.2. The lowest BCUT2D eigenvalue weighted by atomic mass is 10.2. The highest BCUT2D eigenvalue weighted by Crippen LogP contribution is 2.22. The van der Waals surface area contributed by atoms with E-state index in [9.17, 15) is 8.42 Å². The molecule has 1 unspecified atom stereocenters. The van der Waals surface area contributed by atoms with Crippen molar-refractivity contribution in [2.75, 3.05) is 10.5 Å². The molecule has 1 rings (SSSR count). The van der Waals surface area contributed by atoms with Crippen LogP contribution in [0.4, 0.5) is 11.4 Å². The van der Waals surface area contributed by atoms with Gasteiger partial charge in [-0.25, -0.2) is 8.42 Å². The Balaban J connectivity index is 3.07. The number of hydrogen-bond donors (Lipinski definition) is 2. The Bertz CT molecular complexity index is 625. The van der Waals surface area contributed by atoms with Crippen molar-refractivity contribution in [2.45, 2.75) is 18.6 Å². The first kappa shape index (κ1) is 13.8. The predicted octanol–water partition coefficient (Wildman–Crippen LogP) is 1.18. The molecule has 0 aliphatic rings. The van der Waals surface area contributed by atoms with Crippen LogP contribution in [0.2, 0.25) is 0 Å². The molecule has 6 nitrogen and oxygen atoms in total. The number of benzene rings is 1. The van der Waals surface area contributed by atoms with Crippen molar-refractivity contribution in [2.24, 2.45) is 0 Å². The lowest BCUT2D eigenvalue weighted by Crippen LogP contribution is -2.26. The van der Waals surface area contributed by atoms with Gasteiger partial charge in [0.25, 0.3) is 0 Å². The topological polar surface area (TPSA) is 120 Å². The van der Waals surface area contributed by atoms with Gasteiger partial charge >= 0.3 is 0 Å². The summed E-state index contributed by atoms with van der Waals surface area (Å²) in [4.78, 5) is 0. The average Bonchev–Trinajstić information content (AvgIpc) is 2.32. The monoisotopic (exact) mass is 264 g/mol. The SMILES string of the molecule is CCC(C#N)S(=O)(=O)Nc1ccc(C#N)cc1N. The third-order valence-corrected chi connectivity index (χ3v) is 4.01. The standard InChI is InChI=1S/C11H12N4O2S/c1-2-9(7-13)18(16,17)15-11-4-3-8(6-12)5-10(11)14/h3-5,9,15H,2,14H2,1H3. The van der Waals surface area contributed by atoms with E-state index in [2.05, 4.69) is 4.72 Å². The summed E-state index contributed by atoms with van der Waals surface area (Å²) in [5, 5.41) is 16.3. The molecule has 0 aliphatic heterocycles. The molecular formula is C11H12N4O2S. The van der Waals surface area contributed by atoms with Crippen LogP contribution < -0.4 is 10.5 Å². The molecule has 0 bridgehead atoms. The van der Waals surface area contributed by atoms with Gasteiger partial charge in [-0.1, -0.05) is 6.92 Å². The van der Waals surface area contributed by atoms with Crippen LogP contribution in [0, 0.1) is 22.7 Å². The zero-order chi connectivity index (χ0) is 13.8. The molecule has 0 radical (unpaired) electrons. The molecule has 0 saturated carbocycles. The van der Waals surface area contributed by atoms with Gasteiger partial charge < -0.3 is 5.73 Å². The predicted molar refractivity (Wildman–Crippen MR) is 67.8 cm³/mol. The van der Waals surface area contributed by atoms with E-state index >= 15 is 0 Å². The Morgan fingerprint density at radius 2 is 2.11 bits per heavy atom. The van der Waals surface area contributed by atoms with Crippen LogP contribution in [0.25, 0.3) is 0 Å². The summed E-state index contributed by atoms with van der Waals surface area (Å²) < 4.78 is 25.9. The number of hydrogen-bond acceptors (Lipinski definition) is 5. The van der Waals surface area contributed by atoms with E-state index in [4.69, 9.17) is 16.3 Å². The first-order valence-electron chi connectivity index (χ1n) is 5.15. The average molecular weight is 264 g/mol. The Kier molecular flexibility index (Phi) is 4.13. The third kappa shape index (κ3) is 2.90. The van der Waals surface area contributed by atoms with E-state index in [1.54, 1.807) is 13.0 Å². The van der Waals surface area contributed by atoms with Crippen molar-refractivity contribution in [3.05, 3.63) is 23.8 Å². The van der Waals surface area contributed by atoms with Gasteiger partial charge in [-0.2, -0.15) is 10.5 Å². The van der Waals surface area contributed by atoms with Crippen molar-refractivity contribution >= 4 is 21.4 Å². The van der Waals surface area contributed by atoms with Gasteiger partial charge in [0.2, 0.25) is 10.0 Å². The quantitative estimate of drug-likeness (QED) is 0.791. The third-order valence-electron chi connectivity index (χ3n) is 2.32. The molecule has 18 heavy (non-hydrogen) atoms. The molecule has 0 aliphatic carbocycles. The van der Waals surface area contributed by atoms with E-state index in [1.165, 1.54) is 18.2 Å². The fourth-order valence-electron chi connectivity index (χ4n) is 1.33. The molecule has 1 aromatic rings. The molecule has 0 heterocycles. The van der Waals surface area contributed by atoms with Gasteiger partial charge in [-0.3, -0.25) is 4.72 Å². The first-order valence-corrected chi connectivity index (χ1v) is 6.70. The van der Waals surface area contributed by atoms with E-state index in [0.717, 1.165) is 0 Å². The van der Waals surface area contributed by atoms with Crippen LogP contribution in [0.1, 0.15) is 18.9 Å². The number of sulfonamides is 1. The maximum atomic E-state index is 11.8. The Hall–Kier alpha value is -2.25. The molecule has 1 aromatic carbocycles. The highest BCUT2D eigenvalue weighted by Gasteiger charge is 2.23. The molecule has 0 saturated heterocycles. The molecule has 0 fully saturated rings. The van der Waals surface area contributed by atoms with Gasteiger partial charge in [0.1, 0.15) is 0 Å². The van der Waals surface area contributed by atoms with E-state index in [1.807, 2.05) is 6.07 Å². The van der Waals surface area contributed by atoms with Crippen LogP contribution in [-0.4, -0.2) is 13.7 Å². The number of rotatable bonds is 4. The molecule has 0 aromatic heterocycles. The lowest BCUT2D eigenvalue weighted by molar-refractivity contribution is 0.593. The Morgan fingerprint density at radius 1 is 1.44 bits per heavy atom. The van der Waals surface area contributed by atoms with Crippen molar-refractivity contribution < 1.29 is 8.42 Å². The van der Waals surface area contributed by atoms with E-state index < -0.39 is 15.3 Å². The van der Waals surface area contributed by atoms with E-state index in [0.29, 0.717) is 5.56 Å². The van der Waals surface area contributed by atoms with Crippen LogP contribution in [0.5, 0.6) is 0 Å². The fraction of sp³-hybridized carbons (Fsp3) is 0.273. The van der Waals surface area contributed by atoms with Gasteiger partial charge in [0.05, 0.1) is 29.1 Å². The molecule has 94 valence electrons. The second-order valence-corrected chi connectivity index (χ2v) is 5.45. The number of nitrogen functional groups attached to an aromatic ring is 1. The first-order chi connectivity index (χ1) is 8.44. The minimum Gasteiger partial charge on any atom is -0.397 e. The summed E-state index contributed by atoms with van der Waals surface area (Å²) >= 11 is 0. The van der Waals surface area contributed by atoms with Gasteiger partial charge in [0, 0.05) is 0 Å². The largest absolute Gasteiger partial charge is 0.397 e. The second-order valence-electron chi connectivity index (χ2n) is 3.59. The molecular weight excluding hydrogens is 252 g/mol. The number of nitrogens with one attached hydrogen (secondary N) is 1. The summed E-state index contributed by atoms with van der Waals surface area (Å²) in [6.07, 6.45) is 0.183. The highest BCUT2D eigenvalue weighted by molar-refractivity contribution is 7.93. The van der Waals surface area contributed by atoms with Crippen molar-refractivity contribution in [1.82, 2.24) is 0 Å². The zero-order valence-electron chi connectivity index (χ0n) is 9.71. The Labute approximate surface area is 106 Å². The molecule has 3 N–H and O–H groups in total. The summed E-state index contributed by atoms with van der Waals surface area (Å²) in [5.74, 6) is 0. The Morgan fingerprint density at radius 3 is 2.56 bits per heavy atom. The minimum absolute atomic E-state index is 0.144. The summed E-state index contributed by atoms with van der Waals surface area (Å²) in [7, 11) is -3.79. The van der Waals surface area contributed by atoms with Gasteiger partial charge in [0.15, 0.2) is 5.25 Å². The van der Waals surface area contributed by atoms with Crippen molar-refractivity contribution in [3.8, 4) is 12.1 Å². The molecule has 0 amide bonds. The molecule has 0 spiro atoms. The second kappa shape index (κ2) is 5.39. The molecule has 7 heteroatoms. The maximum absolute atomic E-state index is 11.8. The van der Waals surface area contributed by atoms with Crippen LogP contribution >= 0.6 is 0 Å². The van der Waals surface area contributed by atoms with Gasteiger partial charge in [-0.05, 0) is 24.6 Å². The summed E-state index contributed by atoms with van der Waals surface area (Å²) in [6, 6.07) is 7.81. The maximum Gasteiger partial charge on any atom is 0.249 e. The van der Waals surface area contributed by atoms with Crippen LogP contribution in [-0.2, 0) is 10.0 Å². The van der Waals surface area contributed by atoms with Crippen molar-refractivity contribution in [1.29, 1.82) is 10.5 Å². The lowest BCUT2D eigenvalue weighted by Gasteiger charge is -2.12. The smallest absolute Gasteiger partial charge is 0.249 e. The van der Waals surface area contributed by atoms with Crippen LogP contribution in [0.3, 0.4) is 0 Å². The minimum atomic E-state index is -3.79. The fourth-order valence-corrected chi connectivity index (χ4v) is 2.54. The molecule has 1 atom stereocenters. The summed E-state index contributed by atoms with van der Waals surface area (Å²) in [5.41, 5.74) is 6.28. The number of anilines is 2. The van der Waals surface area contributed by atoms with E-state index in [-0.39, 0.29) is 17.8 Å². The van der Waals surface area contributed by atoms with Crippen molar-refractivity contribution in [3.63, 3.8) is 0 Å². The summed E-state index contributed by atoms with van der Waals surface area (Å²) in [6.45, 7) is 1.61. The van der Waals surface area contributed by atoms with Crippen LogP contribution in [0.15, 0.2) is 18.2 Å². The normalized spacial score (nSPS) is 12.2. The van der Waals surface area contributed by atoms with Gasteiger partial charge in [-0.15, -0.1) is 0 Å². The number of nitrogens with two attached hydrogens (primary N) is 1.